The monoisotopic (exact) mass is 691 g/mol. The fourth-order valence-corrected chi connectivity index (χ4v) is 7.42. The van der Waals surface area contributed by atoms with Crippen molar-refractivity contribution in [3.05, 3.63) is 75.4 Å². The van der Waals surface area contributed by atoms with E-state index in [2.05, 4.69) is 21.2 Å². The summed E-state index contributed by atoms with van der Waals surface area (Å²) in [6.07, 6.45) is 5.69. The molecule has 0 bridgehead atoms. The van der Waals surface area contributed by atoms with Crippen LogP contribution in [0.5, 0.6) is 0 Å². The highest BCUT2D eigenvalue weighted by Gasteiger charge is 2.44. The van der Waals surface area contributed by atoms with Crippen LogP contribution in [0, 0.1) is 5.41 Å². The number of nitrogens with zero attached hydrogens (tertiary/aromatic N) is 4. The van der Waals surface area contributed by atoms with E-state index in [4.69, 9.17) is 27.7 Å². The van der Waals surface area contributed by atoms with Crippen molar-refractivity contribution in [2.75, 3.05) is 24.2 Å². The molecule has 0 unspecified atom stereocenters. The summed E-state index contributed by atoms with van der Waals surface area (Å²) in [4.78, 5) is 22.4. The smallest absolute Gasteiger partial charge is 0.371 e. The molecule has 1 aromatic carbocycles. The van der Waals surface area contributed by atoms with Gasteiger partial charge in [0, 0.05) is 53.6 Å². The number of rotatable bonds is 6. The number of sulfonamides is 1. The van der Waals surface area contributed by atoms with Gasteiger partial charge in [-0.3, -0.25) is 9.78 Å². The zero-order valence-electron chi connectivity index (χ0n) is 24.3. The Labute approximate surface area is 271 Å². The van der Waals surface area contributed by atoms with Gasteiger partial charge in [0.15, 0.2) is 0 Å². The third-order valence-corrected chi connectivity index (χ3v) is 9.96. The summed E-state index contributed by atoms with van der Waals surface area (Å²) in [5, 5.41) is 4.99. The summed E-state index contributed by atoms with van der Waals surface area (Å²) in [5.41, 5.74) is 2.03. The van der Waals surface area contributed by atoms with Crippen LogP contribution in [0.4, 0.5) is 18.9 Å². The van der Waals surface area contributed by atoms with Crippen LogP contribution < -0.4 is 9.62 Å². The lowest BCUT2D eigenvalue weighted by Crippen LogP contribution is -2.42. The molecule has 0 atom stereocenters. The molecule has 1 N–H and O–H groups in total. The first-order chi connectivity index (χ1) is 21.7. The number of allylic oxidation sites excluding steroid dienone is 2. The highest BCUT2D eigenvalue weighted by Crippen LogP contribution is 2.56. The van der Waals surface area contributed by atoms with E-state index in [9.17, 15) is 26.4 Å². The molecule has 46 heavy (non-hydrogen) atoms. The quantitative estimate of drug-likeness (QED) is 0.225. The fraction of sp³-hybridized carbons (Fsp3) is 0.355. The normalized spacial score (nSPS) is 18.0. The van der Waals surface area contributed by atoms with Gasteiger partial charge in [0.05, 0.1) is 27.4 Å². The fourth-order valence-electron chi connectivity index (χ4n) is 6.44. The Morgan fingerprint density at radius 3 is 2.37 bits per heavy atom. The molecule has 240 valence electrons. The van der Waals surface area contributed by atoms with Crippen LogP contribution in [0.3, 0.4) is 0 Å². The summed E-state index contributed by atoms with van der Waals surface area (Å²) < 4.78 is 72.8. The van der Waals surface area contributed by atoms with E-state index in [-0.39, 0.29) is 16.3 Å². The Bertz CT molecular complexity index is 2030. The molecule has 4 aromatic rings. The van der Waals surface area contributed by atoms with Crippen LogP contribution in [-0.2, 0) is 16.2 Å². The number of carbonyl (C=O) groups is 1. The third kappa shape index (κ3) is 5.73. The topological polar surface area (TPSA) is 118 Å². The average molecular weight is 693 g/mol. The van der Waals surface area contributed by atoms with Gasteiger partial charge in [-0.25, -0.2) is 18.1 Å². The van der Waals surface area contributed by atoms with Gasteiger partial charge in [-0.2, -0.15) is 13.2 Å². The van der Waals surface area contributed by atoms with Crippen LogP contribution in [0.2, 0.25) is 10.0 Å². The van der Waals surface area contributed by atoms with Crippen LogP contribution in [0.15, 0.2) is 47.3 Å². The first-order valence-electron chi connectivity index (χ1n) is 14.5. The number of amides is 1. The van der Waals surface area contributed by atoms with E-state index in [0.29, 0.717) is 52.1 Å². The first kappa shape index (κ1) is 30.9. The average Bonchev–Trinajstić information content (AvgIpc) is 3.73. The summed E-state index contributed by atoms with van der Waals surface area (Å²) in [5.74, 6) is -0.0773. The second kappa shape index (κ2) is 11.0. The number of pyridine rings is 2. The maximum absolute atomic E-state index is 14.1. The number of alkyl halides is 3. The number of nitrogens with one attached hydrogen (secondary N) is 1. The van der Waals surface area contributed by atoms with Crippen LogP contribution in [0.25, 0.3) is 27.7 Å². The van der Waals surface area contributed by atoms with Crippen molar-refractivity contribution in [2.24, 2.45) is 5.41 Å². The number of fused-ring (bicyclic) bond motifs is 1. The van der Waals surface area contributed by atoms with E-state index in [0.717, 1.165) is 55.3 Å². The standard InChI is InChI=1S/C31H26Cl2F3N5O4S/c1-46(43,44)40-29(42)24-11-20(31(34,35)36)19-10-18(4-5-23(19)38-24)41-8-6-30(7-9-41)12-17(13-30)25-27(39-45-28(25)16-2-3-16)26-21(32)14-37-15-22(26)33/h4-5,10-12,14-16H,2-3,6-9,13H2,1H3,(H,40,42). The summed E-state index contributed by atoms with van der Waals surface area (Å²) in [7, 11) is -3.99. The number of halogens is 5. The van der Waals surface area contributed by atoms with E-state index >= 15 is 0 Å². The lowest BCUT2D eigenvalue weighted by atomic mass is 9.63. The Morgan fingerprint density at radius 2 is 1.76 bits per heavy atom. The van der Waals surface area contributed by atoms with Gasteiger partial charge in [-0.15, -0.1) is 0 Å². The molecule has 1 amide bonds. The Balaban J connectivity index is 1.14. The summed E-state index contributed by atoms with van der Waals surface area (Å²) in [6.45, 7) is 1.24. The Kier molecular flexibility index (Phi) is 7.37. The number of benzene rings is 1. The molecule has 1 saturated heterocycles. The van der Waals surface area contributed by atoms with E-state index in [1.165, 1.54) is 24.5 Å². The second-order valence-electron chi connectivity index (χ2n) is 12.2. The van der Waals surface area contributed by atoms with Crippen molar-refractivity contribution >= 4 is 61.3 Å². The third-order valence-electron chi connectivity index (χ3n) is 8.83. The minimum Gasteiger partial charge on any atom is -0.371 e. The highest BCUT2D eigenvalue weighted by atomic mass is 35.5. The maximum atomic E-state index is 14.1. The Hall–Kier alpha value is -3.68. The van der Waals surface area contributed by atoms with Crippen LogP contribution >= 0.6 is 23.2 Å². The zero-order valence-corrected chi connectivity index (χ0v) is 26.6. The summed E-state index contributed by atoms with van der Waals surface area (Å²) in [6, 6.07) is 5.10. The molecule has 2 fully saturated rings. The van der Waals surface area contributed by atoms with Crippen molar-refractivity contribution in [1.82, 2.24) is 19.8 Å². The second-order valence-corrected chi connectivity index (χ2v) is 14.7. The largest absolute Gasteiger partial charge is 0.417 e. The molecule has 1 spiro atoms. The number of hydrogen-bond acceptors (Lipinski definition) is 8. The van der Waals surface area contributed by atoms with E-state index in [1.807, 2.05) is 4.90 Å². The van der Waals surface area contributed by atoms with Gasteiger partial charge in [-0.1, -0.05) is 34.4 Å². The van der Waals surface area contributed by atoms with E-state index < -0.39 is 33.4 Å². The molecule has 1 saturated carbocycles. The molecule has 3 aromatic heterocycles. The predicted molar refractivity (Wildman–Crippen MR) is 167 cm³/mol. The molecule has 0 radical (unpaired) electrons. The molecule has 3 aliphatic rings. The molecular formula is C31H26Cl2F3N5O4S. The van der Waals surface area contributed by atoms with Gasteiger partial charge >= 0.3 is 6.18 Å². The number of piperidine rings is 1. The number of hydrogen-bond donors (Lipinski definition) is 1. The van der Waals surface area contributed by atoms with Crippen LogP contribution in [0.1, 0.15) is 65.4 Å². The van der Waals surface area contributed by atoms with Gasteiger partial charge in [0.2, 0.25) is 10.0 Å². The van der Waals surface area contributed by atoms with Crippen molar-refractivity contribution in [3.63, 3.8) is 0 Å². The van der Waals surface area contributed by atoms with Crippen molar-refractivity contribution in [2.45, 2.75) is 44.2 Å². The first-order valence-corrected chi connectivity index (χ1v) is 17.2. The van der Waals surface area contributed by atoms with E-state index in [1.54, 1.807) is 10.8 Å². The maximum Gasteiger partial charge on any atom is 0.417 e. The number of aromatic nitrogens is 3. The van der Waals surface area contributed by atoms with Crippen molar-refractivity contribution < 1.29 is 30.9 Å². The van der Waals surface area contributed by atoms with Gasteiger partial charge in [0.1, 0.15) is 17.1 Å². The molecule has 15 heteroatoms. The lowest BCUT2D eigenvalue weighted by Gasteiger charge is -2.47. The van der Waals surface area contributed by atoms with Gasteiger partial charge in [-0.05, 0) is 67.4 Å². The minimum absolute atomic E-state index is 0.0650. The molecule has 2 aliphatic carbocycles. The predicted octanol–water partition coefficient (Wildman–Crippen LogP) is 7.25. The molecular weight excluding hydrogens is 666 g/mol. The van der Waals surface area contributed by atoms with Crippen molar-refractivity contribution in [3.8, 4) is 11.3 Å². The number of carbonyl (C=O) groups excluding carboxylic acids is 1. The molecule has 4 heterocycles. The Morgan fingerprint density at radius 1 is 1.09 bits per heavy atom. The molecule has 9 nitrogen and oxygen atoms in total. The van der Waals surface area contributed by atoms with Crippen LogP contribution in [-0.4, -0.2) is 48.8 Å². The van der Waals surface area contributed by atoms with Crippen molar-refractivity contribution in [1.29, 1.82) is 0 Å². The highest BCUT2D eigenvalue weighted by molar-refractivity contribution is 7.89. The van der Waals surface area contributed by atoms with Gasteiger partial charge in [0.25, 0.3) is 5.91 Å². The lowest BCUT2D eigenvalue weighted by molar-refractivity contribution is -0.136. The van der Waals surface area contributed by atoms with Gasteiger partial charge < -0.3 is 9.42 Å². The minimum atomic E-state index is -4.80. The summed E-state index contributed by atoms with van der Waals surface area (Å²) >= 11 is 13.0. The number of anilines is 1. The zero-order chi connectivity index (χ0) is 32.6. The molecule has 7 rings (SSSR count). The SMILES string of the molecule is CS(=O)(=O)NC(=O)c1cc(C(F)(F)F)c2cc(N3CCC4(C=C(c5c(-c6c(Cl)cncc6Cl)noc5C5CC5)C4)CC3)ccc2n1. The molecule has 1 aliphatic heterocycles.